The van der Waals surface area contributed by atoms with E-state index in [1.165, 1.54) is 51.8 Å². The minimum absolute atomic E-state index is 0.315. The summed E-state index contributed by atoms with van der Waals surface area (Å²) in [4.78, 5) is 0. The van der Waals surface area contributed by atoms with Gasteiger partial charge in [0.25, 0.3) is 0 Å². The van der Waals surface area contributed by atoms with E-state index >= 15 is 0 Å². The number of benzene rings is 1. The predicted octanol–water partition coefficient (Wildman–Crippen LogP) is 5.63. The van der Waals surface area contributed by atoms with Crippen molar-refractivity contribution >= 4 is 22.1 Å². The molecule has 0 aliphatic heterocycles. The van der Waals surface area contributed by atoms with Gasteiger partial charge in [0.15, 0.2) is 0 Å². The third-order valence-electron chi connectivity index (χ3n) is 5.31. The van der Waals surface area contributed by atoms with Crippen LogP contribution in [0.5, 0.6) is 5.75 Å². The Morgan fingerprint density at radius 1 is 0.840 bits per heavy atom. The average molecular weight is 449 g/mol. The third kappa shape index (κ3) is 5.25. The average Bonchev–Trinajstić information content (AvgIpc) is 3.12. The van der Waals surface area contributed by atoms with E-state index in [1.807, 2.05) is 18.3 Å². The van der Waals surface area contributed by atoms with Gasteiger partial charge in [0.1, 0.15) is 0 Å². The normalized spacial score (nSPS) is 11.8. The Morgan fingerprint density at radius 2 is 1.36 bits per heavy atom. The topological polar surface area (TPSA) is 38.0 Å². The van der Waals surface area contributed by atoms with Gasteiger partial charge in [-0.3, -0.25) is 0 Å². The molecule has 0 spiro atoms. The van der Waals surface area contributed by atoms with Crippen LogP contribution < -0.4 is 3.71 Å². The number of rotatable bonds is 11. The van der Waals surface area contributed by atoms with Gasteiger partial charge in [0.2, 0.25) is 0 Å². The molecule has 2 aromatic rings. The zero-order valence-electron chi connectivity index (χ0n) is 16.2. The molecule has 1 aromatic heterocycles. The summed E-state index contributed by atoms with van der Waals surface area (Å²) in [7, 11) is 0. The fourth-order valence-corrected chi connectivity index (χ4v) is 20.0. The molecule has 25 heavy (non-hydrogen) atoms. The van der Waals surface area contributed by atoms with Crippen LogP contribution in [0.4, 0.5) is 0 Å². The Labute approximate surface area is 157 Å². The molecule has 1 N–H and O–H groups in total. The van der Waals surface area contributed by atoms with E-state index in [0.717, 1.165) is 5.69 Å². The Balaban J connectivity index is 2.44. The van der Waals surface area contributed by atoms with E-state index in [4.69, 9.17) is 5.10 Å². The SMILES string of the molecule is CCC[CH2][Sn]([CH2]CCC)([CH2]CCC)[c]1ccnn1-c1ccc(O)cc1. The number of aromatic hydroxyl groups is 1. The van der Waals surface area contributed by atoms with Gasteiger partial charge in [-0.1, -0.05) is 0 Å². The molecular weight excluding hydrogens is 415 g/mol. The molecule has 0 saturated carbocycles. The first-order valence-corrected chi connectivity index (χ1v) is 17.5. The molecule has 1 heterocycles. The van der Waals surface area contributed by atoms with E-state index in [-0.39, 0.29) is 0 Å². The molecule has 0 aliphatic carbocycles. The summed E-state index contributed by atoms with van der Waals surface area (Å²) >= 11 is -2.50. The molecule has 0 aliphatic rings. The third-order valence-corrected chi connectivity index (χ3v) is 20.7. The molecule has 0 bridgehead atoms. The fraction of sp³-hybridized carbons (Fsp3) is 0.571. The van der Waals surface area contributed by atoms with Crippen LogP contribution in [0.3, 0.4) is 0 Å². The molecule has 2 rings (SSSR count). The van der Waals surface area contributed by atoms with Crippen molar-refractivity contribution in [3.63, 3.8) is 0 Å². The molecule has 0 radical (unpaired) electrons. The van der Waals surface area contributed by atoms with E-state index < -0.39 is 18.4 Å². The summed E-state index contributed by atoms with van der Waals surface area (Å²) in [5.41, 5.74) is 1.09. The number of hydrogen-bond donors (Lipinski definition) is 1. The monoisotopic (exact) mass is 450 g/mol. The van der Waals surface area contributed by atoms with Crippen LogP contribution in [-0.4, -0.2) is 33.3 Å². The number of phenols is 1. The van der Waals surface area contributed by atoms with Gasteiger partial charge in [-0.15, -0.1) is 0 Å². The molecule has 0 saturated heterocycles. The van der Waals surface area contributed by atoms with E-state index in [1.54, 1.807) is 15.8 Å². The van der Waals surface area contributed by atoms with Crippen LogP contribution in [0.25, 0.3) is 5.69 Å². The van der Waals surface area contributed by atoms with Crippen LogP contribution in [0.15, 0.2) is 36.5 Å². The molecule has 3 nitrogen and oxygen atoms in total. The molecular formula is C21H34N2OSn. The Kier molecular flexibility index (Phi) is 8.34. The van der Waals surface area contributed by atoms with Crippen molar-refractivity contribution in [1.82, 2.24) is 9.78 Å². The first kappa shape index (κ1) is 20.3. The molecule has 138 valence electrons. The van der Waals surface area contributed by atoms with Crippen LogP contribution in [0.1, 0.15) is 59.3 Å². The van der Waals surface area contributed by atoms with Crippen LogP contribution >= 0.6 is 0 Å². The van der Waals surface area contributed by atoms with Gasteiger partial charge in [-0.2, -0.15) is 0 Å². The zero-order chi connectivity index (χ0) is 18.1. The summed E-state index contributed by atoms with van der Waals surface area (Å²) in [6, 6.07) is 9.82. The fourth-order valence-electron chi connectivity index (χ4n) is 3.81. The molecule has 0 unspecified atom stereocenters. The van der Waals surface area contributed by atoms with Crippen molar-refractivity contribution in [1.29, 1.82) is 0 Å². The molecule has 0 amide bonds. The second-order valence-electron chi connectivity index (χ2n) is 7.24. The summed E-state index contributed by atoms with van der Waals surface area (Å²) < 4.78 is 8.06. The molecule has 0 atom stereocenters. The van der Waals surface area contributed by atoms with Gasteiger partial charge < -0.3 is 0 Å². The summed E-state index contributed by atoms with van der Waals surface area (Å²) in [5, 5.41) is 14.3. The number of nitrogens with zero attached hydrogens (tertiary/aromatic N) is 2. The quantitative estimate of drug-likeness (QED) is 0.452. The van der Waals surface area contributed by atoms with Crippen LogP contribution in [0.2, 0.25) is 13.3 Å². The van der Waals surface area contributed by atoms with Crippen molar-refractivity contribution < 1.29 is 5.11 Å². The van der Waals surface area contributed by atoms with Crippen LogP contribution in [-0.2, 0) is 0 Å². The van der Waals surface area contributed by atoms with E-state index in [0.29, 0.717) is 5.75 Å². The zero-order valence-corrected chi connectivity index (χ0v) is 19.0. The van der Waals surface area contributed by atoms with Crippen molar-refractivity contribution in [2.24, 2.45) is 0 Å². The van der Waals surface area contributed by atoms with Crippen molar-refractivity contribution in [3.8, 4) is 11.4 Å². The molecule has 0 fully saturated rings. The van der Waals surface area contributed by atoms with Crippen LogP contribution in [0, 0.1) is 0 Å². The van der Waals surface area contributed by atoms with Crippen molar-refractivity contribution in [2.75, 3.05) is 0 Å². The summed E-state index contributed by atoms with van der Waals surface area (Å²) in [6.07, 6.45) is 9.88. The molecule has 1 aromatic carbocycles. The summed E-state index contributed by atoms with van der Waals surface area (Å²) in [6.45, 7) is 6.94. The van der Waals surface area contributed by atoms with Gasteiger partial charge in [0.05, 0.1) is 0 Å². The second kappa shape index (κ2) is 10.2. The second-order valence-corrected chi connectivity index (χ2v) is 20.3. The first-order valence-electron chi connectivity index (χ1n) is 10.0. The standard InChI is InChI=1S/C9H7N2O.3C4H9.Sn/c12-9-4-2-8(3-5-9)11-7-1-6-10-11;3*1-3-4-2;/h1-6,12H;3*1,3-4H2,2H3;. The number of unbranched alkanes of at least 4 members (excludes halogenated alkanes) is 3. The molecule has 4 heteroatoms. The minimum atomic E-state index is -2.50. The maximum atomic E-state index is 9.62. The maximum absolute atomic E-state index is 9.62. The Bertz CT molecular complexity index is 599. The first-order chi connectivity index (χ1) is 12.2. The van der Waals surface area contributed by atoms with Gasteiger partial charge in [-0.05, 0) is 0 Å². The van der Waals surface area contributed by atoms with Gasteiger partial charge in [0, 0.05) is 0 Å². The number of hydrogen-bond acceptors (Lipinski definition) is 2. The number of aromatic nitrogens is 2. The summed E-state index contributed by atoms with van der Waals surface area (Å²) in [5.74, 6) is 0.315. The van der Waals surface area contributed by atoms with Gasteiger partial charge in [-0.25, -0.2) is 0 Å². The van der Waals surface area contributed by atoms with E-state index in [9.17, 15) is 5.11 Å². The van der Waals surface area contributed by atoms with Crippen molar-refractivity contribution in [3.05, 3.63) is 36.5 Å². The number of phenolic OH excluding ortho intramolecular Hbond substituents is 1. The van der Waals surface area contributed by atoms with Crippen molar-refractivity contribution in [2.45, 2.75) is 72.6 Å². The van der Waals surface area contributed by atoms with E-state index in [2.05, 4.69) is 31.5 Å². The van der Waals surface area contributed by atoms with Gasteiger partial charge >= 0.3 is 158 Å². The Hall–Kier alpha value is -0.971. The predicted molar refractivity (Wildman–Crippen MR) is 110 cm³/mol. The Morgan fingerprint density at radius 3 is 1.84 bits per heavy atom.